The minimum atomic E-state index is -3.50. The number of aromatic nitrogens is 3. The van der Waals surface area contributed by atoms with Crippen LogP contribution in [-0.2, 0) is 21.1 Å². The van der Waals surface area contributed by atoms with Crippen LogP contribution in [0.1, 0.15) is 54.5 Å². The summed E-state index contributed by atoms with van der Waals surface area (Å²) in [6.45, 7) is 1.91. The van der Waals surface area contributed by atoms with Gasteiger partial charge in [-0.3, -0.25) is 9.59 Å². The topological polar surface area (TPSA) is 119 Å². The van der Waals surface area contributed by atoms with Gasteiger partial charge >= 0.3 is 5.69 Å². The number of rotatable bonds is 7. The standard InChI is InChI=1S/C23H27N3O5S2/c1-14-13-24-21(32-14)12-20(27)19(10-15-6-4-3-5-7-15)26-22(28)17-9-8-16(33(2,30)31)11-18(17)25-23(26)29/h8-9,11,13,15,19H,3-7,10,12H2,1-2H3,(H,25,29). The Kier molecular flexibility index (Phi) is 6.67. The summed E-state index contributed by atoms with van der Waals surface area (Å²) >= 11 is 1.43. The minimum Gasteiger partial charge on any atom is -0.307 e. The molecule has 0 saturated heterocycles. The third kappa shape index (κ3) is 5.16. The van der Waals surface area contributed by atoms with Gasteiger partial charge in [0.25, 0.3) is 5.56 Å². The van der Waals surface area contributed by atoms with Gasteiger partial charge in [-0.1, -0.05) is 32.1 Å². The van der Waals surface area contributed by atoms with Gasteiger partial charge < -0.3 is 4.98 Å². The van der Waals surface area contributed by atoms with Gasteiger partial charge in [0.15, 0.2) is 15.6 Å². The highest BCUT2D eigenvalue weighted by Gasteiger charge is 2.29. The van der Waals surface area contributed by atoms with Crippen LogP contribution in [0, 0.1) is 12.8 Å². The normalized spacial score (nSPS) is 16.2. The molecule has 3 aromatic rings. The molecule has 10 heteroatoms. The molecule has 0 bridgehead atoms. The first-order valence-electron chi connectivity index (χ1n) is 11.1. The van der Waals surface area contributed by atoms with Crippen molar-refractivity contribution < 1.29 is 13.2 Å². The van der Waals surface area contributed by atoms with Gasteiger partial charge in [0.05, 0.1) is 22.2 Å². The van der Waals surface area contributed by atoms with Crippen molar-refractivity contribution in [1.82, 2.24) is 14.5 Å². The molecule has 2 heterocycles. The molecule has 4 rings (SSSR count). The summed E-state index contributed by atoms with van der Waals surface area (Å²) in [6.07, 6.45) is 8.52. The number of nitrogens with zero attached hydrogens (tertiary/aromatic N) is 2. The Labute approximate surface area is 195 Å². The third-order valence-corrected chi connectivity index (χ3v) is 8.31. The Balaban J connectivity index is 1.79. The van der Waals surface area contributed by atoms with Gasteiger partial charge in [0.1, 0.15) is 11.0 Å². The summed E-state index contributed by atoms with van der Waals surface area (Å²) in [5.41, 5.74) is -1.15. The van der Waals surface area contributed by atoms with E-state index in [1.54, 1.807) is 6.20 Å². The number of fused-ring (bicyclic) bond motifs is 1. The molecule has 1 unspecified atom stereocenters. The molecule has 1 atom stereocenters. The highest BCUT2D eigenvalue weighted by atomic mass is 32.2. The summed E-state index contributed by atoms with van der Waals surface area (Å²) in [4.78, 5) is 47.7. The Morgan fingerprint density at radius 1 is 1.24 bits per heavy atom. The van der Waals surface area contributed by atoms with E-state index >= 15 is 0 Å². The van der Waals surface area contributed by atoms with Crippen molar-refractivity contribution in [3.05, 3.63) is 55.1 Å². The number of nitrogens with one attached hydrogen (secondary N) is 1. The van der Waals surface area contributed by atoms with Crippen LogP contribution in [0.4, 0.5) is 0 Å². The molecule has 1 fully saturated rings. The number of carbonyl (C=O) groups is 1. The molecule has 8 nitrogen and oxygen atoms in total. The predicted molar refractivity (Wildman–Crippen MR) is 128 cm³/mol. The van der Waals surface area contributed by atoms with Crippen LogP contribution in [0.2, 0.25) is 0 Å². The smallest absolute Gasteiger partial charge is 0.307 e. The van der Waals surface area contributed by atoms with Gasteiger partial charge in [-0.25, -0.2) is 22.8 Å². The second-order valence-corrected chi connectivity index (χ2v) is 12.2. The van der Waals surface area contributed by atoms with E-state index in [-0.39, 0.29) is 33.9 Å². The Hall–Kier alpha value is -2.59. The summed E-state index contributed by atoms with van der Waals surface area (Å²) in [5.74, 6) is 0.0509. The number of aryl methyl sites for hydroxylation is 1. The van der Waals surface area contributed by atoms with Crippen molar-refractivity contribution in [3.63, 3.8) is 0 Å². The summed E-state index contributed by atoms with van der Waals surface area (Å²) in [6, 6.07) is 3.13. The fraction of sp³-hybridized carbons (Fsp3) is 0.478. The fourth-order valence-corrected chi connectivity index (χ4v) is 6.04. The van der Waals surface area contributed by atoms with Crippen molar-refractivity contribution in [2.24, 2.45) is 5.92 Å². The van der Waals surface area contributed by atoms with E-state index in [2.05, 4.69) is 9.97 Å². The van der Waals surface area contributed by atoms with E-state index < -0.39 is 27.1 Å². The van der Waals surface area contributed by atoms with Crippen LogP contribution in [-0.4, -0.2) is 35.0 Å². The average molecular weight is 490 g/mol. The van der Waals surface area contributed by atoms with Crippen molar-refractivity contribution in [2.75, 3.05) is 6.26 Å². The first-order chi connectivity index (χ1) is 15.6. The molecule has 33 heavy (non-hydrogen) atoms. The maximum Gasteiger partial charge on any atom is 0.329 e. The van der Waals surface area contributed by atoms with Gasteiger partial charge in [-0.2, -0.15) is 0 Å². The number of sulfone groups is 1. The highest BCUT2D eigenvalue weighted by Crippen LogP contribution is 2.31. The quantitative estimate of drug-likeness (QED) is 0.544. The lowest BCUT2D eigenvalue weighted by atomic mass is 9.83. The second kappa shape index (κ2) is 9.34. The summed E-state index contributed by atoms with van der Waals surface area (Å²) in [5, 5.41) is 0.836. The molecule has 0 aliphatic heterocycles. The van der Waals surface area contributed by atoms with Crippen molar-refractivity contribution >= 4 is 37.9 Å². The van der Waals surface area contributed by atoms with E-state index in [9.17, 15) is 22.8 Å². The SMILES string of the molecule is Cc1cnc(CC(=O)C(CC2CCCCC2)n2c(=O)[nH]c3cc(S(C)(=O)=O)ccc3c2=O)s1. The zero-order valence-electron chi connectivity index (χ0n) is 18.7. The van der Waals surface area contributed by atoms with Crippen LogP contribution in [0.25, 0.3) is 10.9 Å². The highest BCUT2D eigenvalue weighted by molar-refractivity contribution is 7.90. The lowest BCUT2D eigenvalue weighted by molar-refractivity contribution is -0.122. The number of Topliss-reactive ketones (excluding diaryl/α,β-unsaturated/α-hetero) is 1. The number of hydrogen-bond acceptors (Lipinski definition) is 7. The second-order valence-electron chi connectivity index (χ2n) is 8.85. The lowest BCUT2D eigenvalue weighted by Gasteiger charge is -2.26. The van der Waals surface area contributed by atoms with Crippen molar-refractivity contribution in [2.45, 2.75) is 62.8 Å². The van der Waals surface area contributed by atoms with Gasteiger partial charge in [-0.15, -0.1) is 11.3 Å². The fourth-order valence-electron chi connectivity index (χ4n) is 4.59. The molecule has 1 N–H and O–H groups in total. The Bertz CT molecular complexity index is 1410. The van der Waals surface area contributed by atoms with Gasteiger partial charge in [0.2, 0.25) is 0 Å². The molecule has 1 aromatic carbocycles. The van der Waals surface area contributed by atoms with E-state index in [1.807, 2.05) is 6.92 Å². The van der Waals surface area contributed by atoms with Crippen LogP contribution in [0.5, 0.6) is 0 Å². The molecular weight excluding hydrogens is 462 g/mol. The number of carbonyl (C=O) groups excluding carboxylic acids is 1. The number of H-pyrrole nitrogens is 1. The molecular formula is C23H27N3O5S2. The number of ketones is 1. The number of aromatic amines is 1. The number of benzene rings is 1. The first-order valence-corrected chi connectivity index (χ1v) is 13.8. The molecule has 176 valence electrons. The molecule has 1 aliphatic carbocycles. The van der Waals surface area contributed by atoms with Crippen LogP contribution < -0.4 is 11.2 Å². The molecule has 0 spiro atoms. The van der Waals surface area contributed by atoms with E-state index in [4.69, 9.17) is 0 Å². The molecule has 1 saturated carbocycles. The van der Waals surface area contributed by atoms with E-state index in [1.165, 1.54) is 29.5 Å². The zero-order valence-corrected chi connectivity index (χ0v) is 20.3. The first kappa shape index (κ1) is 23.6. The van der Waals surface area contributed by atoms with E-state index in [0.29, 0.717) is 11.4 Å². The monoisotopic (exact) mass is 489 g/mol. The molecule has 2 aromatic heterocycles. The third-order valence-electron chi connectivity index (χ3n) is 6.29. The predicted octanol–water partition coefficient (Wildman–Crippen LogP) is 3.18. The zero-order chi connectivity index (χ0) is 23.8. The van der Waals surface area contributed by atoms with Crippen LogP contribution in [0.15, 0.2) is 38.9 Å². The molecule has 0 amide bonds. The van der Waals surface area contributed by atoms with Crippen molar-refractivity contribution in [3.8, 4) is 0 Å². The largest absolute Gasteiger partial charge is 0.329 e. The van der Waals surface area contributed by atoms with E-state index in [0.717, 1.165) is 47.8 Å². The minimum absolute atomic E-state index is 0.0109. The van der Waals surface area contributed by atoms with Gasteiger partial charge in [0, 0.05) is 17.3 Å². The lowest BCUT2D eigenvalue weighted by Crippen LogP contribution is -2.42. The van der Waals surface area contributed by atoms with Crippen molar-refractivity contribution in [1.29, 1.82) is 0 Å². The van der Waals surface area contributed by atoms with Crippen LogP contribution >= 0.6 is 11.3 Å². The summed E-state index contributed by atoms with van der Waals surface area (Å²) < 4.78 is 24.8. The maximum atomic E-state index is 13.4. The van der Waals surface area contributed by atoms with Crippen LogP contribution in [0.3, 0.4) is 0 Å². The Morgan fingerprint density at radius 3 is 2.61 bits per heavy atom. The maximum absolute atomic E-state index is 13.4. The molecule has 1 aliphatic rings. The Morgan fingerprint density at radius 2 is 1.97 bits per heavy atom. The number of hydrogen-bond donors (Lipinski definition) is 1. The average Bonchev–Trinajstić information content (AvgIpc) is 3.17. The molecule has 0 radical (unpaired) electrons. The number of thiazole rings is 1. The summed E-state index contributed by atoms with van der Waals surface area (Å²) in [7, 11) is -3.50. The van der Waals surface area contributed by atoms with Gasteiger partial charge in [-0.05, 0) is 37.5 Å².